The minimum Gasteiger partial charge on any atom is -0.226 e. The van der Waals surface area contributed by atoms with Crippen molar-refractivity contribution in [3.05, 3.63) is 46.4 Å². The lowest BCUT2D eigenvalue weighted by Gasteiger charge is -2.17. The van der Waals surface area contributed by atoms with Gasteiger partial charge in [-0.15, -0.1) is 0 Å². The van der Waals surface area contributed by atoms with E-state index in [0.717, 1.165) is 10.9 Å². The molecule has 0 atom stereocenters. The number of rotatable bonds is 2. The van der Waals surface area contributed by atoms with Crippen LogP contribution in [0.25, 0.3) is 0 Å². The molecule has 2 nitrogen and oxygen atoms in total. The van der Waals surface area contributed by atoms with Crippen LogP contribution >= 0.6 is 23.4 Å². The summed E-state index contributed by atoms with van der Waals surface area (Å²) in [6.07, 6.45) is 0. The van der Waals surface area contributed by atoms with Crippen LogP contribution in [0, 0.1) is 13.8 Å². The van der Waals surface area contributed by atoms with Gasteiger partial charge in [0.25, 0.3) is 0 Å². The predicted octanol–water partition coefficient (Wildman–Crippen LogP) is 5.20. The van der Waals surface area contributed by atoms with E-state index in [-0.39, 0.29) is 5.41 Å². The first kappa shape index (κ1) is 15.3. The highest BCUT2D eigenvalue weighted by molar-refractivity contribution is 7.99. The van der Waals surface area contributed by atoms with Gasteiger partial charge in [-0.1, -0.05) is 50.2 Å². The Morgan fingerprint density at radius 2 is 1.70 bits per heavy atom. The van der Waals surface area contributed by atoms with Crippen LogP contribution in [0.2, 0.25) is 5.15 Å². The number of hydrogen-bond donors (Lipinski definition) is 0. The maximum Gasteiger partial charge on any atom is 0.136 e. The topological polar surface area (TPSA) is 25.8 Å². The highest BCUT2D eigenvalue weighted by atomic mass is 35.5. The van der Waals surface area contributed by atoms with E-state index in [2.05, 4.69) is 62.8 Å². The molecule has 0 aliphatic heterocycles. The molecule has 2 rings (SSSR count). The molecule has 0 bridgehead atoms. The third-order valence-corrected chi connectivity index (χ3v) is 4.14. The molecule has 106 valence electrons. The zero-order valence-electron chi connectivity index (χ0n) is 12.5. The maximum absolute atomic E-state index is 6.11. The van der Waals surface area contributed by atoms with E-state index in [1.54, 1.807) is 11.8 Å². The Bertz CT molecular complexity index is 633. The fraction of sp³-hybridized carbons (Fsp3) is 0.375. The van der Waals surface area contributed by atoms with Gasteiger partial charge in [-0.05, 0) is 37.1 Å². The largest absolute Gasteiger partial charge is 0.226 e. The van der Waals surface area contributed by atoms with Crippen molar-refractivity contribution in [1.82, 2.24) is 9.97 Å². The second-order valence-corrected chi connectivity index (χ2v) is 7.43. The third-order valence-electron chi connectivity index (χ3n) is 3.04. The minimum absolute atomic E-state index is 0.108. The number of benzene rings is 1. The van der Waals surface area contributed by atoms with Crippen LogP contribution in [0.5, 0.6) is 0 Å². The lowest BCUT2D eigenvalue weighted by Crippen LogP contribution is -2.16. The van der Waals surface area contributed by atoms with Gasteiger partial charge in [-0.25, -0.2) is 9.97 Å². The van der Waals surface area contributed by atoms with Crippen molar-refractivity contribution in [2.45, 2.75) is 50.0 Å². The van der Waals surface area contributed by atoms with Gasteiger partial charge in [-0.3, -0.25) is 0 Å². The highest BCUT2D eigenvalue weighted by Gasteiger charge is 2.19. The summed E-state index contributed by atoms with van der Waals surface area (Å²) in [4.78, 5) is 10.1. The van der Waals surface area contributed by atoms with E-state index >= 15 is 0 Å². The smallest absolute Gasteiger partial charge is 0.136 e. The summed E-state index contributed by atoms with van der Waals surface area (Å²) in [7, 11) is 0. The van der Waals surface area contributed by atoms with E-state index in [9.17, 15) is 0 Å². The quantitative estimate of drug-likeness (QED) is 0.714. The molecule has 0 N–H and O–H groups in total. The lowest BCUT2D eigenvalue weighted by atomic mass is 9.96. The average Bonchev–Trinajstić information content (AvgIpc) is 2.32. The monoisotopic (exact) mass is 306 g/mol. The summed E-state index contributed by atoms with van der Waals surface area (Å²) in [5.41, 5.74) is 2.47. The molecule has 1 aromatic carbocycles. The van der Waals surface area contributed by atoms with Crippen molar-refractivity contribution >= 4 is 23.4 Å². The second-order valence-electron chi connectivity index (χ2n) is 5.95. The molecule has 0 aliphatic rings. The molecule has 0 fully saturated rings. The number of halogens is 1. The predicted molar refractivity (Wildman–Crippen MR) is 85.8 cm³/mol. The van der Waals surface area contributed by atoms with Crippen LogP contribution in [0.3, 0.4) is 0 Å². The molecular formula is C16H19ClN2S. The Morgan fingerprint density at radius 1 is 1.00 bits per heavy atom. The van der Waals surface area contributed by atoms with E-state index in [4.69, 9.17) is 11.6 Å². The van der Waals surface area contributed by atoms with Crippen molar-refractivity contribution in [3.8, 4) is 0 Å². The Balaban J connectivity index is 2.33. The summed E-state index contributed by atoms with van der Waals surface area (Å²) in [5.74, 6) is 0.774. The van der Waals surface area contributed by atoms with Crippen LogP contribution < -0.4 is 0 Å². The van der Waals surface area contributed by atoms with Gasteiger partial charge in [0.05, 0.1) is 0 Å². The Hall–Kier alpha value is -1.06. The second kappa shape index (κ2) is 5.74. The zero-order valence-corrected chi connectivity index (χ0v) is 14.1. The first-order valence-electron chi connectivity index (χ1n) is 6.56. The Kier molecular flexibility index (Phi) is 4.40. The number of nitrogens with zero attached hydrogens (tertiary/aromatic N) is 2. The van der Waals surface area contributed by atoms with Gasteiger partial charge in [0.1, 0.15) is 16.0 Å². The van der Waals surface area contributed by atoms with E-state index < -0.39 is 0 Å². The first-order valence-corrected chi connectivity index (χ1v) is 7.75. The lowest BCUT2D eigenvalue weighted by molar-refractivity contribution is 0.538. The molecule has 1 aromatic heterocycles. The van der Waals surface area contributed by atoms with E-state index in [1.807, 2.05) is 6.07 Å². The van der Waals surface area contributed by atoms with Crippen LogP contribution in [-0.4, -0.2) is 9.97 Å². The summed E-state index contributed by atoms with van der Waals surface area (Å²) < 4.78 is 0. The summed E-state index contributed by atoms with van der Waals surface area (Å²) >= 11 is 7.73. The summed E-state index contributed by atoms with van der Waals surface area (Å²) in [6.45, 7) is 10.5. The summed E-state index contributed by atoms with van der Waals surface area (Å²) in [6, 6.07) is 8.23. The van der Waals surface area contributed by atoms with Crippen LogP contribution in [-0.2, 0) is 5.41 Å². The highest BCUT2D eigenvalue weighted by Crippen LogP contribution is 2.30. The fourth-order valence-corrected chi connectivity index (χ4v) is 2.85. The van der Waals surface area contributed by atoms with E-state index in [0.29, 0.717) is 5.15 Å². The molecule has 0 aliphatic carbocycles. The third kappa shape index (κ3) is 3.74. The van der Waals surface area contributed by atoms with Gasteiger partial charge in [0, 0.05) is 16.4 Å². The molecule has 0 unspecified atom stereocenters. The van der Waals surface area contributed by atoms with Crippen molar-refractivity contribution in [2.75, 3.05) is 0 Å². The molecular weight excluding hydrogens is 288 g/mol. The van der Waals surface area contributed by atoms with Gasteiger partial charge in [0.2, 0.25) is 0 Å². The number of aromatic nitrogens is 2. The zero-order chi connectivity index (χ0) is 14.9. The van der Waals surface area contributed by atoms with E-state index in [1.165, 1.54) is 16.0 Å². The van der Waals surface area contributed by atoms with Gasteiger partial charge < -0.3 is 0 Å². The average molecular weight is 307 g/mol. The van der Waals surface area contributed by atoms with Crippen molar-refractivity contribution in [1.29, 1.82) is 0 Å². The van der Waals surface area contributed by atoms with Crippen LogP contribution in [0.1, 0.15) is 37.7 Å². The summed E-state index contributed by atoms with van der Waals surface area (Å²) in [5, 5.41) is 1.38. The number of aryl methyl sites for hydroxylation is 2. The molecule has 20 heavy (non-hydrogen) atoms. The first-order chi connectivity index (χ1) is 9.25. The normalized spacial score (nSPS) is 11.7. The standard InChI is InChI=1S/C16H19ClN2S/c1-10-6-7-12(8-11(10)2)20-14-9-13(17)18-15(19-14)16(3,4)5/h6-9H,1-5H3. The molecule has 0 saturated heterocycles. The SMILES string of the molecule is Cc1ccc(Sc2cc(Cl)nc(C(C)(C)C)n2)cc1C. The van der Waals surface area contributed by atoms with Crippen LogP contribution in [0.4, 0.5) is 0 Å². The molecule has 0 amide bonds. The van der Waals surface area contributed by atoms with Crippen molar-refractivity contribution in [2.24, 2.45) is 0 Å². The molecule has 0 saturated carbocycles. The van der Waals surface area contributed by atoms with Crippen molar-refractivity contribution < 1.29 is 0 Å². The molecule has 1 heterocycles. The van der Waals surface area contributed by atoms with Crippen molar-refractivity contribution in [3.63, 3.8) is 0 Å². The number of hydrogen-bond acceptors (Lipinski definition) is 3. The van der Waals surface area contributed by atoms with Crippen LogP contribution in [0.15, 0.2) is 34.2 Å². The van der Waals surface area contributed by atoms with Gasteiger partial charge in [0.15, 0.2) is 0 Å². The molecule has 0 spiro atoms. The molecule has 0 radical (unpaired) electrons. The Morgan fingerprint density at radius 3 is 2.30 bits per heavy atom. The minimum atomic E-state index is -0.108. The fourth-order valence-electron chi connectivity index (χ4n) is 1.68. The molecule has 4 heteroatoms. The Labute approximate surface area is 130 Å². The van der Waals surface area contributed by atoms with Gasteiger partial charge in [-0.2, -0.15) is 0 Å². The maximum atomic E-state index is 6.11. The molecule has 2 aromatic rings. The van der Waals surface area contributed by atoms with Gasteiger partial charge >= 0.3 is 0 Å².